The minimum atomic E-state index is -0.544. The summed E-state index contributed by atoms with van der Waals surface area (Å²) in [6, 6.07) is 18.3. The highest BCUT2D eigenvalue weighted by Crippen LogP contribution is 2.21. The summed E-state index contributed by atoms with van der Waals surface area (Å²) < 4.78 is 10.7. The molecular weight excluding hydrogens is 380 g/mol. The average Bonchev–Trinajstić information content (AvgIpc) is 2.71. The molecule has 0 saturated heterocycles. The van der Waals surface area contributed by atoms with Gasteiger partial charge in [0.2, 0.25) is 0 Å². The molecule has 0 heterocycles. The van der Waals surface area contributed by atoms with Crippen LogP contribution in [0.25, 0.3) is 0 Å². The van der Waals surface area contributed by atoms with E-state index in [2.05, 4.69) is 0 Å². The van der Waals surface area contributed by atoms with Gasteiger partial charge in [0, 0.05) is 17.9 Å². The number of hydrogen-bond donors (Lipinski definition) is 0. The second kappa shape index (κ2) is 11.3. The zero-order valence-electron chi connectivity index (χ0n) is 17.9. The number of benzene rings is 2. The van der Waals surface area contributed by atoms with Crippen LogP contribution in [0.3, 0.4) is 0 Å². The van der Waals surface area contributed by atoms with Gasteiger partial charge in [0.15, 0.2) is 5.78 Å². The third-order valence-electron chi connectivity index (χ3n) is 4.44. The van der Waals surface area contributed by atoms with Crippen LogP contribution in [-0.4, -0.2) is 23.3 Å². The normalized spacial score (nSPS) is 12.1. The van der Waals surface area contributed by atoms with Gasteiger partial charge in [0.1, 0.15) is 12.2 Å². The molecule has 5 heteroatoms. The van der Waals surface area contributed by atoms with E-state index in [9.17, 15) is 14.4 Å². The molecule has 0 aliphatic carbocycles. The Labute approximate surface area is 178 Å². The van der Waals surface area contributed by atoms with Crippen LogP contribution in [0.4, 0.5) is 0 Å². The Morgan fingerprint density at radius 3 is 2.07 bits per heavy atom. The molecule has 0 fully saturated rings. The first-order valence-corrected chi connectivity index (χ1v) is 10.3. The first-order chi connectivity index (χ1) is 14.2. The highest BCUT2D eigenvalue weighted by atomic mass is 16.6. The van der Waals surface area contributed by atoms with Crippen molar-refractivity contribution in [3.05, 3.63) is 71.8 Å². The van der Waals surface area contributed by atoms with Crippen molar-refractivity contribution in [2.24, 2.45) is 5.92 Å². The summed E-state index contributed by atoms with van der Waals surface area (Å²) in [6.45, 7) is 5.62. The summed E-state index contributed by atoms with van der Waals surface area (Å²) in [4.78, 5) is 37.3. The Hall–Kier alpha value is -2.95. The molecule has 0 amide bonds. The first kappa shape index (κ1) is 23.3. The summed E-state index contributed by atoms with van der Waals surface area (Å²) in [6.07, 6.45) is 1.06. The topological polar surface area (TPSA) is 69.7 Å². The minimum Gasteiger partial charge on any atom is -0.461 e. The number of esters is 2. The fraction of sp³-hybridized carbons (Fsp3) is 0.400. The van der Waals surface area contributed by atoms with Gasteiger partial charge in [-0.2, -0.15) is 0 Å². The van der Waals surface area contributed by atoms with Crippen LogP contribution >= 0.6 is 0 Å². The lowest BCUT2D eigenvalue weighted by Gasteiger charge is -2.20. The summed E-state index contributed by atoms with van der Waals surface area (Å²) in [5.41, 5.74) is 0.898. The van der Waals surface area contributed by atoms with E-state index >= 15 is 0 Å². The Kier molecular flexibility index (Phi) is 8.78. The molecule has 0 aliphatic heterocycles. The standard InChI is InChI=1S/C25H30O5/c1-25(2,3)30-22(26)16-10-15-21(24(28)20-13-8-5-9-14-20)17-23(27)29-18-19-11-6-4-7-12-19/h4-9,11-14,21H,10,15-18H2,1-3H3. The van der Waals surface area contributed by atoms with Gasteiger partial charge < -0.3 is 9.47 Å². The largest absolute Gasteiger partial charge is 0.461 e. The molecule has 1 unspecified atom stereocenters. The monoisotopic (exact) mass is 410 g/mol. The fourth-order valence-electron chi connectivity index (χ4n) is 3.05. The van der Waals surface area contributed by atoms with Gasteiger partial charge in [0.05, 0.1) is 6.42 Å². The molecule has 1 atom stereocenters. The van der Waals surface area contributed by atoms with Crippen LogP contribution in [0.15, 0.2) is 60.7 Å². The van der Waals surface area contributed by atoms with E-state index in [1.54, 1.807) is 24.3 Å². The summed E-state index contributed by atoms with van der Waals surface area (Å²) in [7, 11) is 0. The molecule has 0 spiro atoms. The molecule has 0 aromatic heterocycles. The number of ketones is 1. The van der Waals surface area contributed by atoms with Crippen molar-refractivity contribution in [3.63, 3.8) is 0 Å². The molecule has 0 N–H and O–H groups in total. The van der Waals surface area contributed by atoms with Crippen LogP contribution in [0.2, 0.25) is 0 Å². The lowest BCUT2D eigenvalue weighted by atomic mass is 9.90. The number of hydrogen-bond acceptors (Lipinski definition) is 5. The summed E-state index contributed by atoms with van der Waals surface area (Å²) in [5, 5.41) is 0. The van der Waals surface area contributed by atoms with E-state index in [1.165, 1.54) is 0 Å². The second-order valence-electron chi connectivity index (χ2n) is 8.26. The first-order valence-electron chi connectivity index (χ1n) is 10.3. The number of carbonyl (C=O) groups excluding carboxylic acids is 3. The smallest absolute Gasteiger partial charge is 0.306 e. The van der Waals surface area contributed by atoms with Gasteiger partial charge in [0.25, 0.3) is 0 Å². The van der Waals surface area contributed by atoms with Crippen molar-refractivity contribution >= 4 is 17.7 Å². The number of ether oxygens (including phenoxy) is 2. The highest BCUT2D eigenvalue weighted by Gasteiger charge is 2.25. The van der Waals surface area contributed by atoms with E-state index in [1.807, 2.05) is 57.2 Å². The molecule has 30 heavy (non-hydrogen) atoms. The number of Topliss-reactive ketones (excluding diaryl/α,β-unsaturated/α-hetero) is 1. The highest BCUT2D eigenvalue weighted by molar-refractivity contribution is 5.99. The molecule has 160 valence electrons. The molecule has 0 radical (unpaired) electrons. The maximum absolute atomic E-state index is 12.9. The van der Waals surface area contributed by atoms with Crippen molar-refractivity contribution in [2.75, 3.05) is 0 Å². The fourth-order valence-corrected chi connectivity index (χ4v) is 3.05. The van der Waals surface area contributed by atoms with Crippen molar-refractivity contribution in [2.45, 2.75) is 58.7 Å². The second-order valence-corrected chi connectivity index (χ2v) is 8.26. The zero-order valence-corrected chi connectivity index (χ0v) is 17.9. The predicted octanol–water partition coefficient (Wildman–Crippen LogP) is 5.13. The molecular formula is C25H30O5. The Balaban J connectivity index is 1.95. The van der Waals surface area contributed by atoms with E-state index in [4.69, 9.17) is 9.47 Å². The molecule has 2 aromatic rings. The Morgan fingerprint density at radius 2 is 1.47 bits per heavy atom. The van der Waals surface area contributed by atoms with Gasteiger partial charge in [-0.1, -0.05) is 60.7 Å². The van der Waals surface area contributed by atoms with E-state index in [0.717, 1.165) is 5.56 Å². The van der Waals surface area contributed by atoms with Gasteiger partial charge in [-0.15, -0.1) is 0 Å². The van der Waals surface area contributed by atoms with E-state index < -0.39 is 17.5 Å². The molecule has 0 aliphatic rings. The molecule has 5 nitrogen and oxygen atoms in total. The SMILES string of the molecule is CC(C)(C)OC(=O)CCCC(CC(=O)OCc1ccccc1)C(=O)c1ccccc1. The van der Waals surface area contributed by atoms with Crippen molar-refractivity contribution < 1.29 is 23.9 Å². The van der Waals surface area contributed by atoms with Crippen LogP contribution in [0, 0.1) is 5.92 Å². The summed E-state index contributed by atoms with van der Waals surface area (Å²) >= 11 is 0. The van der Waals surface area contributed by atoms with E-state index in [0.29, 0.717) is 18.4 Å². The molecule has 0 bridgehead atoms. The Bertz CT molecular complexity index is 822. The number of carbonyl (C=O) groups is 3. The molecule has 2 aromatic carbocycles. The van der Waals surface area contributed by atoms with Gasteiger partial charge in [-0.05, 0) is 39.2 Å². The third kappa shape index (κ3) is 8.60. The van der Waals surface area contributed by atoms with Crippen LogP contribution in [-0.2, 0) is 25.7 Å². The van der Waals surface area contributed by atoms with Crippen LogP contribution in [0.5, 0.6) is 0 Å². The Morgan fingerprint density at radius 1 is 0.867 bits per heavy atom. The number of rotatable bonds is 10. The molecule has 0 saturated carbocycles. The quantitative estimate of drug-likeness (QED) is 0.401. The minimum absolute atomic E-state index is 0.0190. The third-order valence-corrected chi connectivity index (χ3v) is 4.44. The van der Waals surface area contributed by atoms with Gasteiger partial charge in [-0.25, -0.2) is 0 Å². The maximum Gasteiger partial charge on any atom is 0.306 e. The van der Waals surface area contributed by atoms with Crippen LogP contribution in [0.1, 0.15) is 62.4 Å². The molecule has 2 rings (SSSR count). The predicted molar refractivity (Wildman–Crippen MR) is 115 cm³/mol. The average molecular weight is 411 g/mol. The zero-order chi connectivity index (χ0) is 22.0. The lowest BCUT2D eigenvalue weighted by Crippen LogP contribution is -2.24. The maximum atomic E-state index is 12.9. The van der Waals surface area contributed by atoms with Crippen LogP contribution < -0.4 is 0 Å². The summed E-state index contributed by atoms with van der Waals surface area (Å²) in [5.74, 6) is -1.39. The van der Waals surface area contributed by atoms with E-state index in [-0.39, 0.29) is 31.2 Å². The van der Waals surface area contributed by atoms with Crippen molar-refractivity contribution in [3.8, 4) is 0 Å². The van der Waals surface area contributed by atoms with Crippen molar-refractivity contribution in [1.29, 1.82) is 0 Å². The lowest BCUT2D eigenvalue weighted by molar-refractivity contribution is -0.154. The van der Waals surface area contributed by atoms with Gasteiger partial charge in [-0.3, -0.25) is 14.4 Å². The van der Waals surface area contributed by atoms with Gasteiger partial charge >= 0.3 is 11.9 Å². The van der Waals surface area contributed by atoms with Crippen molar-refractivity contribution in [1.82, 2.24) is 0 Å².